The molecule has 2 aliphatic rings. The molecule has 0 radical (unpaired) electrons. The molecule has 59 heavy (non-hydrogen) atoms. The van der Waals surface area contributed by atoms with Crippen LogP contribution in [0.4, 0.5) is 9.59 Å². The zero-order chi connectivity index (χ0) is 42.5. The molecular weight excluding hydrogens is 749 g/mol. The van der Waals surface area contributed by atoms with E-state index in [1.54, 1.807) is 23.2 Å². The van der Waals surface area contributed by atoms with Gasteiger partial charge in [-0.2, -0.15) is 0 Å². The lowest BCUT2D eigenvalue weighted by molar-refractivity contribution is -0.134. The van der Waals surface area contributed by atoms with Crippen molar-refractivity contribution in [2.45, 2.75) is 76.2 Å². The van der Waals surface area contributed by atoms with E-state index >= 15 is 0 Å². The van der Waals surface area contributed by atoms with Gasteiger partial charge >= 0.3 is 12.2 Å². The third kappa shape index (κ3) is 10.8. The second-order valence-corrected chi connectivity index (χ2v) is 15.1. The first-order valence-electron chi connectivity index (χ1n) is 19.8. The van der Waals surface area contributed by atoms with Crippen molar-refractivity contribution in [2.24, 2.45) is 22.6 Å². The summed E-state index contributed by atoms with van der Waals surface area (Å²) in [6.07, 6.45) is 4.07. The van der Waals surface area contributed by atoms with Crippen molar-refractivity contribution >= 4 is 35.8 Å². The molecule has 6 atom stereocenters. The molecular formula is C45H54N8O6. The number of methoxy groups -OCH3 is 2. The highest BCUT2D eigenvalue weighted by Gasteiger charge is 2.42. The maximum absolute atomic E-state index is 13.9. The number of carbonyl (C=O) groups excluding carboxylic acids is 4. The topological polar surface area (TPSA) is 184 Å². The van der Waals surface area contributed by atoms with Crippen molar-refractivity contribution in [3.05, 3.63) is 96.1 Å². The van der Waals surface area contributed by atoms with Gasteiger partial charge in [-0.15, -0.1) is 0 Å². The normalized spacial score (nSPS) is 19.2. The van der Waals surface area contributed by atoms with Crippen molar-refractivity contribution in [3.8, 4) is 23.7 Å². The van der Waals surface area contributed by atoms with Gasteiger partial charge < -0.3 is 40.5 Å². The molecule has 310 valence electrons. The van der Waals surface area contributed by atoms with Gasteiger partial charge in [0.1, 0.15) is 35.2 Å². The SMILES string of the molecule is C=C(c1ccccc1)C(C#CC#Cc1cnc([C@@H]2CCCN2C(=O)[C@H](NC(=O)OC)c2ccccc2)[nH]1)C(C)N=C(N)[C@@H]1CCCN1C[C@@](C=O)(NC(=O)OC)C(C)C. The first-order chi connectivity index (χ1) is 28.4. The quantitative estimate of drug-likeness (QED) is 0.0753. The standard InChI is InChI=1S/C45H54N8O6/c1-30(2)45(29-54,51-44(57)59-6)28-52-25-15-23-37(52)40(46)48-32(4)36(31(3)33-17-9-7-10-18-33)22-14-13-21-35-27-47-41(49-35)38-24-16-26-53(38)42(55)39(50-43(56)58-5)34-19-11-8-12-20-34/h7-12,17-20,27,29-30,32,36-39H,3,15-16,23-26,28H2,1-2,4-6H3,(H2,46,48)(H,47,49)(H,50,56)(H,51,57)/t32?,36?,37-,38-,39+,45-/m0/s1. The number of amidine groups is 1. The lowest BCUT2D eigenvalue weighted by Crippen LogP contribution is -2.61. The van der Waals surface area contributed by atoms with E-state index in [1.165, 1.54) is 14.2 Å². The number of ether oxygens (including phenoxy) is 2. The molecule has 3 heterocycles. The highest BCUT2D eigenvalue weighted by Crippen LogP contribution is 2.33. The van der Waals surface area contributed by atoms with Gasteiger partial charge in [-0.25, -0.2) is 14.6 Å². The minimum Gasteiger partial charge on any atom is -0.453 e. The van der Waals surface area contributed by atoms with E-state index in [1.807, 2.05) is 69.3 Å². The molecule has 0 bridgehead atoms. The Balaban J connectivity index is 1.34. The van der Waals surface area contributed by atoms with Crippen LogP contribution < -0.4 is 16.4 Å². The van der Waals surface area contributed by atoms with Crippen LogP contribution in [-0.4, -0.2) is 101 Å². The lowest BCUT2D eigenvalue weighted by Gasteiger charge is -2.38. The third-order valence-corrected chi connectivity index (χ3v) is 11.0. The molecule has 2 fully saturated rings. The van der Waals surface area contributed by atoms with Crippen LogP contribution in [0.3, 0.4) is 0 Å². The second kappa shape index (κ2) is 20.4. The van der Waals surface area contributed by atoms with E-state index < -0.39 is 35.7 Å². The zero-order valence-electron chi connectivity index (χ0n) is 34.4. The number of H-pyrrole nitrogens is 1. The number of aldehydes is 1. The van der Waals surface area contributed by atoms with Crippen LogP contribution in [0.1, 0.15) is 81.2 Å². The lowest BCUT2D eigenvalue weighted by atomic mass is 9.87. The number of alkyl carbamates (subject to hydrolysis) is 2. The average Bonchev–Trinajstić information content (AvgIpc) is 4.04. The summed E-state index contributed by atoms with van der Waals surface area (Å²) in [4.78, 5) is 67.4. The minimum absolute atomic E-state index is 0.211. The number of nitrogens with two attached hydrogens (primary N) is 1. The zero-order valence-corrected chi connectivity index (χ0v) is 34.4. The van der Waals surface area contributed by atoms with Crippen molar-refractivity contribution in [1.29, 1.82) is 0 Å². The monoisotopic (exact) mass is 802 g/mol. The maximum Gasteiger partial charge on any atom is 0.407 e. The van der Waals surface area contributed by atoms with Crippen LogP contribution in [0.5, 0.6) is 0 Å². The summed E-state index contributed by atoms with van der Waals surface area (Å²) in [5, 5.41) is 5.44. The number of aliphatic imine (C=N–C) groups is 1. The van der Waals surface area contributed by atoms with Gasteiger partial charge in [0.25, 0.3) is 5.91 Å². The Morgan fingerprint density at radius 3 is 2.36 bits per heavy atom. The summed E-state index contributed by atoms with van der Waals surface area (Å²) in [6.45, 7) is 11.5. The van der Waals surface area contributed by atoms with Crippen LogP contribution in [0.25, 0.3) is 5.57 Å². The fraction of sp³-hybridized carbons (Fsp3) is 0.422. The van der Waals surface area contributed by atoms with E-state index in [-0.39, 0.29) is 30.5 Å². The molecule has 2 aliphatic heterocycles. The van der Waals surface area contributed by atoms with E-state index in [0.717, 1.165) is 36.7 Å². The Kier molecular flexibility index (Phi) is 15.1. The number of benzene rings is 2. The fourth-order valence-electron chi connectivity index (χ4n) is 7.60. The highest BCUT2D eigenvalue weighted by atomic mass is 16.5. The molecule has 3 aromatic rings. The van der Waals surface area contributed by atoms with Crippen LogP contribution in [0, 0.1) is 35.5 Å². The Hall–Kier alpha value is -6.38. The summed E-state index contributed by atoms with van der Waals surface area (Å²) in [6, 6.07) is 16.9. The van der Waals surface area contributed by atoms with Gasteiger partial charge in [-0.1, -0.05) is 87.0 Å². The third-order valence-electron chi connectivity index (χ3n) is 11.0. The molecule has 0 aliphatic carbocycles. The molecule has 14 heteroatoms. The Morgan fingerprint density at radius 2 is 1.69 bits per heavy atom. The highest BCUT2D eigenvalue weighted by molar-refractivity contribution is 5.88. The van der Waals surface area contributed by atoms with Crippen molar-refractivity contribution in [1.82, 2.24) is 30.4 Å². The van der Waals surface area contributed by atoms with Crippen LogP contribution >= 0.6 is 0 Å². The number of hydrogen-bond acceptors (Lipinski definition) is 9. The molecule has 5 N–H and O–H groups in total. The smallest absolute Gasteiger partial charge is 0.407 e. The molecule has 5 rings (SSSR count). The minimum atomic E-state index is -1.17. The predicted octanol–water partition coefficient (Wildman–Crippen LogP) is 5.01. The second-order valence-electron chi connectivity index (χ2n) is 15.1. The Bertz CT molecular complexity index is 2110. The summed E-state index contributed by atoms with van der Waals surface area (Å²) in [7, 11) is 2.53. The predicted molar refractivity (Wildman–Crippen MR) is 225 cm³/mol. The number of aromatic nitrogens is 2. The first kappa shape index (κ1) is 43.7. The Morgan fingerprint density at radius 1 is 1.02 bits per heavy atom. The van der Waals surface area contributed by atoms with Crippen LogP contribution in [0.15, 0.2) is 78.4 Å². The van der Waals surface area contributed by atoms with Gasteiger partial charge in [0.2, 0.25) is 0 Å². The molecule has 2 aromatic carbocycles. The van der Waals surface area contributed by atoms with E-state index in [2.05, 4.69) is 55.8 Å². The number of hydrogen-bond donors (Lipinski definition) is 4. The maximum atomic E-state index is 13.9. The van der Waals surface area contributed by atoms with E-state index in [0.29, 0.717) is 42.4 Å². The molecule has 0 saturated carbocycles. The van der Waals surface area contributed by atoms with Crippen molar-refractivity contribution in [3.63, 3.8) is 0 Å². The van der Waals surface area contributed by atoms with E-state index in [4.69, 9.17) is 20.2 Å². The number of likely N-dealkylation sites (tertiary alicyclic amines) is 2. The summed E-state index contributed by atoms with van der Waals surface area (Å²) in [5.41, 5.74) is 8.42. The molecule has 3 amide bonds. The molecule has 1 aromatic heterocycles. The molecule has 2 saturated heterocycles. The van der Waals surface area contributed by atoms with Gasteiger partial charge in [-0.05, 0) is 79.5 Å². The number of nitrogens with zero attached hydrogens (tertiary/aromatic N) is 4. The van der Waals surface area contributed by atoms with Gasteiger partial charge in [-0.3, -0.25) is 14.7 Å². The molecule has 0 spiro atoms. The fourth-order valence-corrected chi connectivity index (χ4v) is 7.60. The van der Waals surface area contributed by atoms with Gasteiger partial charge in [0, 0.05) is 13.1 Å². The van der Waals surface area contributed by atoms with E-state index in [9.17, 15) is 19.2 Å². The van der Waals surface area contributed by atoms with Gasteiger partial charge in [0.05, 0.1) is 44.5 Å². The number of carbonyl (C=O) groups is 4. The molecule has 14 nitrogen and oxygen atoms in total. The number of nitrogens with one attached hydrogen (secondary N) is 3. The Labute approximate surface area is 346 Å². The van der Waals surface area contributed by atoms with Crippen LogP contribution in [0.2, 0.25) is 0 Å². The summed E-state index contributed by atoms with van der Waals surface area (Å²) < 4.78 is 9.64. The van der Waals surface area contributed by atoms with Crippen molar-refractivity contribution < 1.29 is 28.7 Å². The summed E-state index contributed by atoms with van der Waals surface area (Å²) >= 11 is 0. The largest absolute Gasteiger partial charge is 0.453 e. The summed E-state index contributed by atoms with van der Waals surface area (Å²) in [5.74, 6) is 12.4. The number of aromatic amines is 1. The van der Waals surface area contributed by atoms with Crippen LogP contribution in [-0.2, 0) is 19.1 Å². The van der Waals surface area contributed by atoms with Crippen molar-refractivity contribution in [2.75, 3.05) is 33.9 Å². The van der Waals surface area contributed by atoms with Gasteiger partial charge in [0.15, 0.2) is 0 Å². The average molecular weight is 803 g/mol. The molecule has 2 unspecified atom stereocenters. The number of imidazole rings is 1. The number of amides is 3. The number of rotatable bonds is 14. The first-order valence-corrected chi connectivity index (χ1v) is 19.8.